The summed E-state index contributed by atoms with van der Waals surface area (Å²) < 4.78 is 64.7. The van der Waals surface area contributed by atoms with Gasteiger partial charge in [-0.3, -0.25) is 0 Å². The number of aliphatic carboxylic acids is 1. The molecular formula is C12H9F5O2. The van der Waals surface area contributed by atoms with Crippen LogP contribution in [0.4, 0.5) is 22.0 Å². The molecule has 1 aromatic carbocycles. The topological polar surface area (TPSA) is 37.3 Å². The van der Waals surface area contributed by atoms with Crippen LogP contribution in [0.3, 0.4) is 0 Å². The van der Waals surface area contributed by atoms with E-state index in [1.165, 1.54) is 0 Å². The van der Waals surface area contributed by atoms with Crippen molar-refractivity contribution in [3.63, 3.8) is 0 Å². The molecule has 0 heterocycles. The van der Waals surface area contributed by atoms with E-state index in [4.69, 9.17) is 5.11 Å². The lowest BCUT2D eigenvalue weighted by Crippen LogP contribution is -2.29. The van der Waals surface area contributed by atoms with Gasteiger partial charge in [-0.25, -0.2) is 4.79 Å². The van der Waals surface area contributed by atoms with E-state index in [0.717, 1.165) is 24.3 Å². The van der Waals surface area contributed by atoms with E-state index >= 15 is 0 Å². The molecule has 2 nitrogen and oxygen atoms in total. The molecule has 1 aliphatic rings. The molecule has 0 unspecified atom stereocenters. The third kappa shape index (κ3) is 2.06. The second-order valence-electron chi connectivity index (χ2n) is 4.54. The molecule has 1 fully saturated rings. The van der Waals surface area contributed by atoms with Gasteiger partial charge in [0.25, 0.3) is 0 Å². The molecule has 0 atom stereocenters. The fraction of sp³-hybridized carbons (Fsp3) is 0.417. The minimum atomic E-state index is -4.43. The molecule has 7 heteroatoms. The summed E-state index contributed by atoms with van der Waals surface area (Å²) >= 11 is 0. The van der Waals surface area contributed by atoms with Crippen molar-refractivity contribution in [1.82, 2.24) is 0 Å². The zero-order chi connectivity index (χ0) is 14.5. The number of hydrogen-bond acceptors (Lipinski definition) is 1. The highest BCUT2D eigenvalue weighted by Crippen LogP contribution is 2.58. The van der Waals surface area contributed by atoms with Gasteiger partial charge in [-0.15, -0.1) is 0 Å². The third-order valence-corrected chi connectivity index (χ3v) is 3.36. The maximum absolute atomic E-state index is 13.1. The zero-order valence-electron chi connectivity index (χ0n) is 9.47. The summed E-state index contributed by atoms with van der Waals surface area (Å²) in [5.41, 5.74) is -2.89. The molecule has 19 heavy (non-hydrogen) atoms. The van der Waals surface area contributed by atoms with Crippen LogP contribution < -0.4 is 0 Å². The molecule has 1 aromatic rings. The molecule has 0 amide bonds. The standard InChI is InChI=1S/C12H9F5O2/c13-11(14,9(18)19)8-3-1-7(2-4-8)10(5-6-10)12(15,16)17/h1-4H,5-6H2,(H,18,19). The van der Waals surface area contributed by atoms with Crippen molar-refractivity contribution in [3.8, 4) is 0 Å². The van der Waals surface area contributed by atoms with Gasteiger partial charge in [-0.2, -0.15) is 22.0 Å². The Morgan fingerprint density at radius 3 is 1.84 bits per heavy atom. The van der Waals surface area contributed by atoms with Crippen molar-refractivity contribution in [1.29, 1.82) is 0 Å². The van der Waals surface area contributed by atoms with Crippen LogP contribution in [0, 0.1) is 0 Å². The molecule has 0 aromatic heterocycles. The maximum Gasteiger partial charge on any atom is 0.398 e. The highest BCUT2D eigenvalue weighted by atomic mass is 19.4. The predicted octanol–water partition coefficient (Wildman–Crippen LogP) is 3.46. The number of carbonyl (C=O) groups is 1. The van der Waals surface area contributed by atoms with Crippen molar-refractivity contribution in [2.24, 2.45) is 0 Å². The fourth-order valence-corrected chi connectivity index (χ4v) is 1.98. The van der Waals surface area contributed by atoms with Gasteiger partial charge in [0.15, 0.2) is 0 Å². The van der Waals surface area contributed by atoms with Crippen LogP contribution in [0.2, 0.25) is 0 Å². The first-order valence-electron chi connectivity index (χ1n) is 5.40. The van der Waals surface area contributed by atoms with E-state index in [-0.39, 0.29) is 18.4 Å². The summed E-state index contributed by atoms with van der Waals surface area (Å²) in [4.78, 5) is 10.3. The van der Waals surface area contributed by atoms with Gasteiger partial charge in [-0.05, 0) is 18.4 Å². The van der Waals surface area contributed by atoms with Gasteiger partial charge >= 0.3 is 18.1 Å². The Kier molecular flexibility index (Phi) is 2.84. The Bertz CT molecular complexity index is 500. The van der Waals surface area contributed by atoms with Crippen LogP contribution in [-0.4, -0.2) is 17.3 Å². The number of carboxylic acids is 1. The quantitative estimate of drug-likeness (QED) is 0.861. The molecule has 1 saturated carbocycles. The summed E-state index contributed by atoms with van der Waals surface area (Å²) in [6.07, 6.45) is -4.58. The number of alkyl halides is 5. The summed E-state index contributed by atoms with van der Waals surface area (Å²) in [5.74, 6) is -6.44. The van der Waals surface area contributed by atoms with Gasteiger partial charge in [0.1, 0.15) is 0 Å². The SMILES string of the molecule is O=C(O)C(F)(F)c1ccc(C2(C(F)(F)F)CC2)cc1. The molecule has 0 spiro atoms. The van der Waals surface area contributed by atoms with Crippen LogP contribution in [-0.2, 0) is 16.1 Å². The lowest BCUT2D eigenvalue weighted by Gasteiger charge is -2.20. The van der Waals surface area contributed by atoms with E-state index in [1.54, 1.807) is 0 Å². The Labute approximate surface area is 104 Å². The lowest BCUT2D eigenvalue weighted by atomic mass is 9.93. The Balaban J connectivity index is 2.33. The summed E-state index contributed by atoms with van der Waals surface area (Å²) in [7, 11) is 0. The lowest BCUT2D eigenvalue weighted by molar-refractivity contribution is -0.166. The normalized spacial score (nSPS) is 18.2. The summed E-state index contributed by atoms with van der Waals surface area (Å²) in [6, 6.07) is 3.31. The second kappa shape index (κ2) is 3.91. The van der Waals surface area contributed by atoms with E-state index in [1.807, 2.05) is 0 Å². The molecule has 2 rings (SSSR count). The predicted molar refractivity (Wildman–Crippen MR) is 54.9 cm³/mol. The summed E-state index contributed by atoms with van der Waals surface area (Å²) in [6.45, 7) is 0. The van der Waals surface area contributed by atoms with E-state index in [2.05, 4.69) is 0 Å². The maximum atomic E-state index is 13.1. The Hall–Kier alpha value is -1.66. The molecule has 0 saturated heterocycles. The number of halogens is 5. The van der Waals surface area contributed by atoms with Crippen LogP contribution in [0.1, 0.15) is 24.0 Å². The molecule has 0 aliphatic heterocycles. The average Bonchev–Trinajstić information content (AvgIpc) is 3.09. The van der Waals surface area contributed by atoms with E-state index in [0.29, 0.717) is 0 Å². The van der Waals surface area contributed by atoms with Gasteiger partial charge in [0.05, 0.1) is 5.41 Å². The van der Waals surface area contributed by atoms with Gasteiger partial charge in [0.2, 0.25) is 0 Å². The van der Waals surface area contributed by atoms with E-state index < -0.39 is 29.0 Å². The van der Waals surface area contributed by atoms with Crippen molar-refractivity contribution in [2.75, 3.05) is 0 Å². The molecule has 1 N–H and O–H groups in total. The van der Waals surface area contributed by atoms with Crippen LogP contribution in [0.5, 0.6) is 0 Å². The number of benzene rings is 1. The fourth-order valence-electron chi connectivity index (χ4n) is 1.98. The monoisotopic (exact) mass is 280 g/mol. The molecule has 104 valence electrons. The largest absolute Gasteiger partial charge is 0.477 e. The first-order chi connectivity index (χ1) is 8.61. The number of rotatable bonds is 3. The molecular weight excluding hydrogens is 271 g/mol. The van der Waals surface area contributed by atoms with Crippen LogP contribution in [0.15, 0.2) is 24.3 Å². The van der Waals surface area contributed by atoms with Crippen LogP contribution in [0.25, 0.3) is 0 Å². The van der Waals surface area contributed by atoms with Crippen molar-refractivity contribution >= 4 is 5.97 Å². The third-order valence-electron chi connectivity index (χ3n) is 3.36. The molecule has 1 aliphatic carbocycles. The van der Waals surface area contributed by atoms with Gasteiger partial charge in [0, 0.05) is 5.56 Å². The Morgan fingerprint density at radius 2 is 1.53 bits per heavy atom. The smallest absolute Gasteiger partial charge is 0.398 e. The summed E-state index contributed by atoms with van der Waals surface area (Å²) in [5, 5.41) is 8.34. The molecule has 0 radical (unpaired) electrons. The first-order valence-corrected chi connectivity index (χ1v) is 5.40. The minimum absolute atomic E-state index is 0.0782. The highest BCUT2D eigenvalue weighted by Gasteiger charge is 2.64. The zero-order valence-corrected chi connectivity index (χ0v) is 9.47. The number of carboxylic acid groups (broad SMARTS) is 1. The highest BCUT2D eigenvalue weighted by molar-refractivity contribution is 5.77. The number of hydrogen-bond donors (Lipinski definition) is 1. The molecule has 0 bridgehead atoms. The van der Waals surface area contributed by atoms with E-state index in [9.17, 15) is 26.7 Å². The van der Waals surface area contributed by atoms with Crippen LogP contribution >= 0.6 is 0 Å². The first kappa shape index (κ1) is 13.8. The van der Waals surface area contributed by atoms with Crippen molar-refractivity contribution in [2.45, 2.75) is 30.4 Å². The Morgan fingerprint density at radius 1 is 1.05 bits per heavy atom. The minimum Gasteiger partial charge on any atom is -0.477 e. The van der Waals surface area contributed by atoms with Crippen molar-refractivity contribution < 1.29 is 31.9 Å². The van der Waals surface area contributed by atoms with Gasteiger partial charge < -0.3 is 5.11 Å². The second-order valence-corrected chi connectivity index (χ2v) is 4.54. The van der Waals surface area contributed by atoms with Gasteiger partial charge in [-0.1, -0.05) is 24.3 Å². The van der Waals surface area contributed by atoms with Crippen molar-refractivity contribution in [3.05, 3.63) is 35.4 Å². The average molecular weight is 280 g/mol.